The van der Waals surface area contributed by atoms with Gasteiger partial charge < -0.3 is 9.30 Å². The molecule has 8 nitrogen and oxygen atoms in total. The fourth-order valence-electron chi connectivity index (χ4n) is 2.19. The van der Waals surface area contributed by atoms with Gasteiger partial charge in [-0.25, -0.2) is 0 Å². The predicted molar refractivity (Wildman–Crippen MR) is 99.6 cm³/mol. The number of carbonyl (C=O) groups is 2. The fourth-order valence-corrected chi connectivity index (χ4v) is 2.96. The Balaban J connectivity index is 2.14. The van der Waals surface area contributed by atoms with Crippen molar-refractivity contribution in [1.82, 2.24) is 25.6 Å². The number of hydrogen-bond acceptors (Lipinski definition) is 6. The van der Waals surface area contributed by atoms with Crippen molar-refractivity contribution in [2.75, 3.05) is 12.9 Å². The zero-order chi connectivity index (χ0) is 18.9. The van der Waals surface area contributed by atoms with E-state index in [9.17, 15) is 9.59 Å². The Morgan fingerprint density at radius 2 is 1.92 bits per heavy atom. The number of methoxy groups -OCH3 is 1. The zero-order valence-electron chi connectivity index (χ0n) is 15.1. The summed E-state index contributed by atoms with van der Waals surface area (Å²) in [5, 5.41) is 9.20. The van der Waals surface area contributed by atoms with Crippen molar-refractivity contribution in [2.24, 2.45) is 0 Å². The molecular weight excluding hydrogens is 354 g/mol. The highest BCUT2D eigenvalue weighted by molar-refractivity contribution is 7.99. The van der Waals surface area contributed by atoms with Crippen LogP contribution >= 0.6 is 11.8 Å². The monoisotopic (exact) mass is 377 g/mol. The summed E-state index contributed by atoms with van der Waals surface area (Å²) in [7, 11) is 1.62. The smallest absolute Gasteiger partial charge is 0.248 e. The number of rotatable bonds is 8. The number of amides is 2. The number of hydrogen-bond donors (Lipinski definition) is 2. The molecule has 0 aliphatic carbocycles. The predicted octanol–water partition coefficient (Wildman–Crippen LogP) is 2.01. The molecule has 2 aromatic rings. The first-order valence-corrected chi connectivity index (χ1v) is 9.29. The van der Waals surface area contributed by atoms with Crippen LogP contribution in [0, 0.1) is 0 Å². The minimum atomic E-state index is -0.323. The Hall–Kier alpha value is -2.55. The first-order valence-electron chi connectivity index (χ1n) is 8.31. The maximum absolute atomic E-state index is 11.8. The van der Waals surface area contributed by atoms with E-state index in [-0.39, 0.29) is 17.6 Å². The van der Waals surface area contributed by atoms with Gasteiger partial charge in [-0.2, -0.15) is 0 Å². The summed E-state index contributed by atoms with van der Waals surface area (Å²) in [6.45, 7) is 4.21. The summed E-state index contributed by atoms with van der Waals surface area (Å²) in [6.07, 6.45) is 2.01. The molecule has 0 saturated carbocycles. The summed E-state index contributed by atoms with van der Waals surface area (Å²) < 4.78 is 7.20. The highest BCUT2D eigenvalue weighted by atomic mass is 32.2. The Morgan fingerprint density at radius 3 is 2.54 bits per heavy atom. The number of hydrazine groups is 1. The van der Waals surface area contributed by atoms with E-state index in [0.717, 1.165) is 36.5 Å². The third-order valence-corrected chi connectivity index (χ3v) is 4.48. The van der Waals surface area contributed by atoms with E-state index >= 15 is 0 Å². The SMILES string of the molecule is CCCCn1c(SCC(=O)NNC(C)=O)nnc1-c1ccc(OC)cc1. The summed E-state index contributed by atoms with van der Waals surface area (Å²) in [4.78, 5) is 22.6. The molecule has 0 atom stereocenters. The Kier molecular flexibility index (Phi) is 7.46. The lowest BCUT2D eigenvalue weighted by atomic mass is 10.2. The lowest BCUT2D eigenvalue weighted by Crippen LogP contribution is -2.41. The third kappa shape index (κ3) is 5.48. The number of nitrogens with zero attached hydrogens (tertiary/aromatic N) is 3. The molecular formula is C17H23N5O3S. The summed E-state index contributed by atoms with van der Waals surface area (Å²) in [6, 6.07) is 7.62. The zero-order valence-corrected chi connectivity index (χ0v) is 15.9. The molecule has 0 bridgehead atoms. The molecule has 2 N–H and O–H groups in total. The Bertz CT molecular complexity index is 745. The van der Waals surface area contributed by atoms with Gasteiger partial charge in [0, 0.05) is 19.0 Å². The normalized spacial score (nSPS) is 10.4. The molecule has 0 fully saturated rings. The van der Waals surface area contributed by atoms with Crippen LogP contribution in [-0.2, 0) is 16.1 Å². The van der Waals surface area contributed by atoms with Crippen LogP contribution in [0.25, 0.3) is 11.4 Å². The number of benzene rings is 1. The van der Waals surface area contributed by atoms with Crippen LogP contribution in [0.1, 0.15) is 26.7 Å². The molecule has 0 radical (unpaired) electrons. The Labute approximate surface area is 156 Å². The van der Waals surface area contributed by atoms with Crippen molar-refractivity contribution in [3.8, 4) is 17.1 Å². The van der Waals surface area contributed by atoms with E-state index in [2.05, 4.69) is 28.0 Å². The van der Waals surface area contributed by atoms with Gasteiger partial charge in [0.1, 0.15) is 5.75 Å². The third-order valence-electron chi connectivity index (χ3n) is 3.51. The summed E-state index contributed by atoms with van der Waals surface area (Å²) >= 11 is 1.28. The highest BCUT2D eigenvalue weighted by Crippen LogP contribution is 2.26. The molecule has 9 heteroatoms. The van der Waals surface area contributed by atoms with Crippen LogP contribution in [-0.4, -0.2) is 39.4 Å². The van der Waals surface area contributed by atoms with Gasteiger partial charge in [0.05, 0.1) is 12.9 Å². The number of carbonyl (C=O) groups excluding carboxylic acids is 2. The van der Waals surface area contributed by atoms with Crippen molar-refractivity contribution in [3.05, 3.63) is 24.3 Å². The number of ether oxygens (including phenoxy) is 1. The van der Waals surface area contributed by atoms with Gasteiger partial charge in [0.15, 0.2) is 11.0 Å². The number of unbranched alkanes of at least 4 members (excludes halogenated alkanes) is 1. The second-order valence-corrected chi connectivity index (χ2v) is 6.50. The van der Waals surface area contributed by atoms with Crippen LogP contribution < -0.4 is 15.6 Å². The van der Waals surface area contributed by atoms with E-state index < -0.39 is 0 Å². The van der Waals surface area contributed by atoms with Crippen LogP contribution in [0.5, 0.6) is 5.75 Å². The van der Waals surface area contributed by atoms with Gasteiger partial charge in [-0.15, -0.1) is 10.2 Å². The lowest BCUT2D eigenvalue weighted by Gasteiger charge is -2.10. The number of nitrogens with one attached hydrogen (secondary N) is 2. The molecule has 2 rings (SSSR count). The van der Waals surface area contributed by atoms with Crippen molar-refractivity contribution in [2.45, 2.75) is 38.4 Å². The average molecular weight is 377 g/mol. The minimum absolute atomic E-state index is 0.132. The summed E-state index contributed by atoms with van der Waals surface area (Å²) in [5.74, 6) is 1.04. The number of thioether (sulfide) groups is 1. The average Bonchev–Trinajstić information content (AvgIpc) is 3.05. The fraction of sp³-hybridized carbons (Fsp3) is 0.412. The quantitative estimate of drug-likeness (QED) is 0.539. The molecule has 0 spiro atoms. The second kappa shape index (κ2) is 9.81. The number of aromatic nitrogens is 3. The topological polar surface area (TPSA) is 98.1 Å². The second-order valence-electron chi connectivity index (χ2n) is 5.56. The van der Waals surface area contributed by atoms with Gasteiger partial charge in [-0.05, 0) is 30.7 Å². The van der Waals surface area contributed by atoms with Crippen LogP contribution in [0.3, 0.4) is 0 Å². The molecule has 0 unspecified atom stereocenters. The maximum Gasteiger partial charge on any atom is 0.248 e. The molecule has 140 valence electrons. The van der Waals surface area contributed by atoms with Gasteiger partial charge in [-0.3, -0.25) is 20.4 Å². The van der Waals surface area contributed by atoms with E-state index in [1.807, 2.05) is 28.8 Å². The first-order chi connectivity index (χ1) is 12.5. The van der Waals surface area contributed by atoms with E-state index in [4.69, 9.17) is 4.74 Å². The molecule has 0 saturated heterocycles. The molecule has 0 aliphatic heterocycles. The van der Waals surface area contributed by atoms with Crippen molar-refractivity contribution >= 4 is 23.6 Å². The molecule has 0 aliphatic rings. The molecule has 1 aromatic heterocycles. The van der Waals surface area contributed by atoms with Crippen LogP contribution in [0.2, 0.25) is 0 Å². The molecule has 2 amide bonds. The Morgan fingerprint density at radius 1 is 1.19 bits per heavy atom. The first kappa shape index (κ1) is 19.8. The molecule has 26 heavy (non-hydrogen) atoms. The molecule has 1 heterocycles. The van der Waals surface area contributed by atoms with Crippen LogP contribution in [0.15, 0.2) is 29.4 Å². The van der Waals surface area contributed by atoms with Gasteiger partial charge in [-0.1, -0.05) is 25.1 Å². The van der Waals surface area contributed by atoms with Gasteiger partial charge in [0.2, 0.25) is 11.8 Å². The summed E-state index contributed by atoms with van der Waals surface area (Å²) in [5.41, 5.74) is 5.54. The van der Waals surface area contributed by atoms with Crippen molar-refractivity contribution in [1.29, 1.82) is 0 Å². The van der Waals surface area contributed by atoms with Gasteiger partial charge >= 0.3 is 0 Å². The van der Waals surface area contributed by atoms with E-state index in [0.29, 0.717) is 5.16 Å². The molecule has 1 aromatic carbocycles. The maximum atomic E-state index is 11.8. The van der Waals surface area contributed by atoms with Crippen molar-refractivity contribution in [3.63, 3.8) is 0 Å². The van der Waals surface area contributed by atoms with Crippen LogP contribution in [0.4, 0.5) is 0 Å². The van der Waals surface area contributed by atoms with Crippen molar-refractivity contribution < 1.29 is 14.3 Å². The minimum Gasteiger partial charge on any atom is -0.497 e. The standard InChI is InChI=1S/C17H23N5O3S/c1-4-5-10-22-16(13-6-8-14(25-3)9-7-13)20-21-17(22)26-11-15(24)19-18-12(2)23/h6-9H,4-5,10-11H2,1-3H3,(H,18,23)(H,19,24). The largest absolute Gasteiger partial charge is 0.497 e. The van der Waals surface area contributed by atoms with E-state index in [1.165, 1.54) is 18.7 Å². The van der Waals surface area contributed by atoms with Gasteiger partial charge in [0.25, 0.3) is 0 Å². The van der Waals surface area contributed by atoms with E-state index in [1.54, 1.807) is 7.11 Å². The lowest BCUT2D eigenvalue weighted by molar-refractivity contribution is -0.126. The highest BCUT2D eigenvalue weighted by Gasteiger charge is 2.15.